The van der Waals surface area contributed by atoms with Crippen molar-refractivity contribution in [3.05, 3.63) is 35.9 Å². The lowest BCUT2D eigenvalue weighted by Gasteiger charge is -2.43. The highest BCUT2D eigenvalue weighted by Crippen LogP contribution is 2.42. The lowest BCUT2D eigenvalue weighted by atomic mass is 9.77. The summed E-state index contributed by atoms with van der Waals surface area (Å²) in [7, 11) is 1.79. The molecular weight excluding hydrogens is 376 g/mol. The lowest BCUT2D eigenvalue weighted by molar-refractivity contribution is -0.140. The fourth-order valence-corrected chi connectivity index (χ4v) is 5.57. The molecule has 0 bridgehead atoms. The van der Waals surface area contributed by atoms with Crippen LogP contribution in [-0.2, 0) is 9.53 Å². The largest absolute Gasteiger partial charge is 0.396 e. The minimum Gasteiger partial charge on any atom is -0.396 e. The molecule has 3 fully saturated rings. The Labute approximate surface area is 181 Å². The van der Waals surface area contributed by atoms with Crippen molar-refractivity contribution in [2.45, 2.75) is 56.9 Å². The molecule has 1 saturated heterocycles. The van der Waals surface area contributed by atoms with E-state index in [2.05, 4.69) is 40.5 Å². The number of rotatable bonds is 8. The Kier molecular flexibility index (Phi) is 7.12. The highest BCUT2D eigenvalue weighted by molar-refractivity contribution is 5.79. The Hall–Kier alpha value is -1.43. The van der Waals surface area contributed by atoms with E-state index in [4.69, 9.17) is 4.74 Å². The van der Waals surface area contributed by atoms with Crippen molar-refractivity contribution in [3.8, 4) is 0 Å². The molecule has 1 aromatic carbocycles. The van der Waals surface area contributed by atoms with Gasteiger partial charge in [-0.05, 0) is 56.4 Å². The first-order valence-corrected chi connectivity index (χ1v) is 11.8. The summed E-state index contributed by atoms with van der Waals surface area (Å²) in [5.41, 5.74) is 1.57. The summed E-state index contributed by atoms with van der Waals surface area (Å²) in [6.07, 6.45) is 7.09. The average Bonchev–Trinajstić information content (AvgIpc) is 3.59. The van der Waals surface area contributed by atoms with Crippen molar-refractivity contribution in [3.63, 3.8) is 0 Å². The summed E-state index contributed by atoms with van der Waals surface area (Å²) in [4.78, 5) is 15.1. The second kappa shape index (κ2) is 9.80. The maximum absolute atomic E-state index is 13.0. The van der Waals surface area contributed by atoms with Crippen LogP contribution in [0.25, 0.3) is 0 Å². The molecule has 2 atom stereocenters. The third-order valence-electron chi connectivity index (χ3n) is 7.80. The first-order valence-electron chi connectivity index (χ1n) is 11.8. The molecule has 0 aromatic heterocycles. The van der Waals surface area contributed by atoms with Gasteiger partial charge in [-0.15, -0.1) is 0 Å². The number of piperidine rings is 1. The molecule has 30 heavy (non-hydrogen) atoms. The molecule has 0 unspecified atom stereocenters. The van der Waals surface area contributed by atoms with Crippen molar-refractivity contribution in [2.24, 2.45) is 17.3 Å². The number of nitrogens with zero attached hydrogens (tertiary/aromatic N) is 1. The summed E-state index contributed by atoms with van der Waals surface area (Å²) in [5, 5.41) is 13.1. The van der Waals surface area contributed by atoms with Crippen molar-refractivity contribution < 1.29 is 14.6 Å². The minimum absolute atomic E-state index is 0.129. The van der Waals surface area contributed by atoms with E-state index in [1.54, 1.807) is 7.11 Å². The maximum atomic E-state index is 13.0. The maximum Gasteiger partial charge on any atom is 0.225 e. The number of hydrogen-bond acceptors (Lipinski definition) is 4. The Morgan fingerprint density at radius 1 is 1.17 bits per heavy atom. The first-order chi connectivity index (χ1) is 14.6. The smallest absolute Gasteiger partial charge is 0.225 e. The molecule has 4 rings (SSSR count). The number of aliphatic hydroxyl groups excluding tert-OH is 1. The van der Waals surface area contributed by atoms with Crippen LogP contribution >= 0.6 is 0 Å². The number of carbonyl (C=O) groups is 1. The fourth-order valence-electron chi connectivity index (χ4n) is 5.57. The highest BCUT2D eigenvalue weighted by atomic mass is 16.5. The number of carbonyl (C=O) groups excluding carboxylic acids is 1. The average molecular weight is 415 g/mol. The summed E-state index contributed by atoms with van der Waals surface area (Å²) >= 11 is 0. The zero-order chi connectivity index (χ0) is 21.0. The van der Waals surface area contributed by atoms with E-state index in [-0.39, 0.29) is 17.9 Å². The molecule has 1 aromatic rings. The molecule has 0 radical (unpaired) electrons. The van der Waals surface area contributed by atoms with Crippen molar-refractivity contribution >= 4 is 5.91 Å². The predicted octanol–water partition coefficient (Wildman–Crippen LogP) is 3.19. The Balaban J connectivity index is 1.26. The highest BCUT2D eigenvalue weighted by Gasteiger charge is 2.42. The van der Waals surface area contributed by atoms with E-state index in [9.17, 15) is 9.90 Å². The first kappa shape index (κ1) is 21.8. The standard InChI is InChI=1S/C25H38N2O3/c1-30-18-25(17-26-23-15-22(23)20-5-3-2-4-6-20)11-13-27(14-12-25)24(29)21-9-7-19(16-28)8-10-21/h2-6,19,21-23,26,28H,7-18H2,1H3/t19-,21+,22-,23-/m1/s1. The number of benzene rings is 1. The van der Waals surface area contributed by atoms with Crippen LogP contribution in [0.2, 0.25) is 0 Å². The van der Waals surface area contributed by atoms with Crippen LogP contribution in [0, 0.1) is 17.3 Å². The van der Waals surface area contributed by atoms with E-state index in [1.165, 1.54) is 12.0 Å². The van der Waals surface area contributed by atoms with Gasteiger partial charge in [-0.3, -0.25) is 4.79 Å². The molecule has 2 N–H and O–H groups in total. The fraction of sp³-hybridized carbons (Fsp3) is 0.720. The van der Waals surface area contributed by atoms with Gasteiger partial charge in [-0.1, -0.05) is 30.3 Å². The van der Waals surface area contributed by atoms with E-state index < -0.39 is 0 Å². The van der Waals surface area contributed by atoms with Crippen LogP contribution in [-0.4, -0.2) is 61.9 Å². The summed E-state index contributed by atoms with van der Waals surface area (Å²) < 4.78 is 5.62. The zero-order valence-corrected chi connectivity index (χ0v) is 18.4. The van der Waals surface area contributed by atoms with Gasteiger partial charge in [0, 0.05) is 56.6 Å². The molecule has 1 aliphatic heterocycles. The summed E-state index contributed by atoms with van der Waals surface area (Å²) in [6, 6.07) is 11.4. The Bertz CT molecular complexity index is 679. The quantitative estimate of drug-likeness (QED) is 0.686. The van der Waals surface area contributed by atoms with Gasteiger partial charge >= 0.3 is 0 Å². The molecule has 3 aliphatic rings. The van der Waals surface area contributed by atoms with Crippen LogP contribution in [0.4, 0.5) is 0 Å². The second-order valence-electron chi connectivity index (χ2n) is 9.90. The van der Waals surface area contributed by atoms with Gasteiger partial charge in [0.05, 0.1) is 6.61 Å². The van der Waals surface area contributed by atoms with Crippen molar-refractivity contribution in [2.75, 3.05) is 40.0 Å². The summed E-state index contributed by atoms with van der Waals surface area (Å²) in [6.45, 7) is 3.68. The molecule has 2 saturated carbocycles. The number of nitrogens with one attached hydrogen (secondary N) is 1. The van der Waals surface area contributed by atoms with Gasteiger partial charge in [0.1, 0.15) is 0 Å². The van der Waals surface area contributed by atoms with E-state index in [1.807, 2.05) is 0 Å². The van der Waals surface area contributed by atoms with Gasteiger partial charge in [0.15, 0.2) is 0 Å². The number of methoxy groups -OCH3 is 1. The number of likely N-dealkylation sites (tertiary alicyclic amines) is 1. The molecule has 1 heterocycles. The minimum atomic E-state index is 0.129. The van der Waals surface area contributed by atoms with Gasteiger partial charge in [-0.25, -0.2) is 0 Å². The normalized spacial score (nSPS) is 30.8. The van der Waals surface area contributed by atoms with Gasteiger partial charge in [0.25, 0.3) is 0 Å². The van der Waals surface area contributed by atoms with Crippen molar-refractivity contribution in [1.82, 2.24) is 10.2 Å². The summed E-state index contributed by atoms with van der Waals surface area (Å²) in [5.74, 6) is 1.55. The topological polar surface area (TPSA) is 61.8 Å². The number of aliphatic hydroxyl groups is 1. The van der Waals surface area contributed by atoms with Gasteiger partial charge in [0.2, 0.25) is 5.91 Å². The van der Waals surface area contributed by atoms with Crippen LogP contribution < -0.4 is 5.32 Å². The van der Waals surface area contributed by atoms with E-state index in [0.29, 0.717) is 23.8 Å². The Morgan fingerprint density at radius 2 is 1.87 bits per heavy atom. The number of amides is 1. The van der Waals surface area contributed by atoms with E-state index >= 15 is 0 Å². The molecule has 166 valence electrons. The van der Waals surface area contributed by atoms with Crippen LogP contribution in [0.1, 0.15) is 56.4 Å². The van der Waals surface area contributed by atoms with E-state index in [0.717, 1.165) is 64.8 Å². The third kappa shape index (κ3) is 5.06. The second-order valence-corrected chi connectivity index (χ2v) is 9.90. The molecule has 2 aliphatic carbocycles. The predicted molar refractivity (Wildman–Crippen MR) is 118 cm³/mol. The molecule has 5 heteroatoms. The molecule has 0 spiro atoms. The molecule has 1 amide bonds. The monoisotopic (exact) mass is 414 g/mol. The SMILES string of the molecule is COCC1(CN[C@@H]2C[C@@H]2c2ccccc2)CCN(C(=O)[C@H]2CC[C@@H](CO)CC2)CC1. The number of hydrogen-bond donors (Lipinski definition) is 2. The lowest BCUT2D eigenvalue weighted by Crippen LogP contribution is -2.50. The Morgan fingerprint density at radius 3 is 2.50 bits per heavy atom. The van der Waals surface area contributed by atoms with Crippen LogP contribution in [0.15, 0.2) is 30.3 Å². The zero-order valence-electron chi connectivity index (χ0n) is 18.4. The molecule has 5 nitrogen and oxygen atoms in total. The van der Waals surface area contributed by atoms with Gasteiger partial charge in [-0.2, -0.15) is 0 Å². The van der Waals surface area contributed by atoms with Gasteiger partial charge < -0.3 is 20.1 Å². The van der Waals surface area contributed by atoms with Crippen LogP contribution in [0.5, 0.6) is 0 Å². The van der Waals surface area contributed by atoms with Crippen molar-refractivity contribution in [1.29, 1.82) is 0 Å². The van der Waals surface area contributed by atoms with Crippen LogP contribution in [0.3, 0.4) is 0 Å². The third-order valence-corrected chi connectivity index (χ3v) is 7.80. The molecular formula is C25H38N2O3. The number of ether oxygens (including phenoxy) is 1.